The number of carbonyl (C=O) groups excluding carboxylic acids is 1. The highest BCUT2D eigenvalue weighted by Crippen LogP contribution is 2.11. The maximum atomic E-state index is 11.7. The number of carbonyl (C=O) groups is 1. The molecule has 0 atom stereocenters. The zero-order valence-corrected chi connectivity index (χ0v) is 10.5. The topological polar surface area (TPSA) is 41.0 Å². The third-order valence-electron chi connectivity index (χ3n) is 2.45. The largest absolute Gasteiger partial charge is 0.345 e. The van der Waals surface area contributed by atoms with E-state index in [2.05, 4.69) is 4.98 Å². The van der Waals surface area contributed by atoms with Crippen LogP contribution in [0.4, 0.5) is 0 Å². The van der Waals surface area contributed by atoms with Gasteiger partial charge in [0.15, 0.2) is 4.77 Å². The number of benzene rings is 1. The van der Waals surface area contributed by atoms with E-state index in [9.17, 15) is 4.79 Å². The molecular weight excluding hydrogens is 234 g/mol. The molecule has 0 bridgehead atoms. The van der Waals surface area contributed by atoms with Crippen molar-refractivity contribution in [2.24, 2.45) is 0 Å². The molecule has 0 unspecified atom stereocenters. The van der Waals surface area contributed by atoms with Crippen LogP contribution in [0.15, 0.2) is 36.7 Å². The lowest BCUT2D eigenvalue weighted by atomic mass is 10.2. The van der Waals surface area contributed by atoms with Crippen molar-refractivity contribution in [3.8, 4) is 5.69 Å². The van der Waals surface area contributed by atoms with Gasteiger partial charge in [-0.15, -0.1) is 0 Å². The number of amides is 1. The molecule has 0 fully saturated rings. The molecule has 2 aromatic rings. The summed E-state index contributed by atoms with van der Waals surface area (Å²) in [5.74, 6) is -0.00536. The Hall–Kier alpha value is -1.88. The highest BCUT2D eigenvalue weighted by atomic mass is 32.1. The average Bonchev–Trinajstić information content (AvgIpc) is 2.74. The molecule has 2 rings (SSSR count). The zero-order valence-electron chi connectivity index (χ0n) is 9.68. The van der Waals surface area contributed by atoms with Gasteiger partial charge in [-0.3, -0.25) is 9.36 Å². The van der Waals surface area contributed by atoms with Crippen molar-refractivity contribution in [2.45, 2.75) is 0 Å². The second-order valence-electron chi connectivity index (χ2n) is 3.88. The summed E-state index contributed by atoms with van der Waals surface area (Å²) in [6.07, 6.45) is 3.63. The molecule has 0 saturated heterocycles. The van der Waals surface area contributed by atoms with Crippen LogP contribution in [0.1, 0.15) is 10.4 Å². The van der Waals surface area contributed by atoms with Crippen molar-refractivity contribution in [3.05, 3.63) is 47.0 Å². The van der Waals surface area contributed by atoms with Gasteiger partial charge in [0.25, 0.3) is 5.91 Å². The number of hydrogen-bond donors (Lipinski definition) is 1. The summed E-state index contributed by atoms with van der Waals surface area (Å²) in [5, 5.41) is 0. The third-order valence-corrected chi connectivity index (χ3v) is 2.76. The minimum Gasteiger partial charge on any atom is -0.345 e. The third kappa shape index (κ3) is 2.29. The predicted molar refractivity (Wildman–Crippen MR) is 69.0 cm³/mol. The Morgan fingerprint density at radius 3 is 2.41 bits per heavy atom. The average molecular weight is 247 g/mol. The fraction of sp³-hybridized carbons (Fsp3) is 0.167. The minimum absolute atomic E-state index is 0.00536. The summed E-state index contributed by atoms with van der Waals surface area (Å²) in [5.41, 5.74) is 1.60. The molecule has 1 heterocycles. The van der Waals surface area contributed by atoms with E-state index < -0.39 is 0 Å². The van der Waals surface area contributed by atoms with Crippen LogP contribution in [-0.2, 0) is 0 Å². The smallest absolute Gasteiger partial charge is 0.253 e. The van der Waals surface area contributed by atoms with E-state index in [4.69, 9.17) is 12.2 Å². The molecule has 17 heavy (non-hydrogen) atoms. The number of nitrogens with one attached hydrogen (secondary N) is 1. The molecule has 88 valence electrons. The molecule has 0 aliphatic rings. The second kappa shape index (κ2) is 4.55. The van der Waals surface area contributed by atoms with Gasteiger partial charge in [0.1, 0.15) is 0 Å². The standard InChI is InChI=1S/C12H13N3OS/c1-14(2)11(16)9-3-5-10(6-4-9)15-8-7-13-12(15)17/h3-8H,1-2H3,(H,13,17). The summed E-state index contributed by atoms with van der Waals surface area (Å²) >= 11 is 5.13. The Bertz CT molecular complexity index is 580. The van der Waals surface area contributed by atoms with Crippen LogP contribution < -0.4 is 0 Å². The van der Waals surface area contributed by atoms with Crippen LogP contribution in [0.25, 0.3) is 5.69 Å². The number of imidazole rings is 1. The van der Waals surface area contributed by atoms with Crippen molar-refractivity contribution in [1.29, 1.82) is 0 Å². The first-order valence-corrected chi connectivity index (χ1v) is 5.58. The van der Waals surface area contributed by atoms with Crippen molar-refractivity contribution in [3.63, 3.8) is 0 Å². The first kappa shape index (κ1) is 11.6. The van der Waals surface area contributed by atoms with Gasteiger partial charge in [0, 0.05) is 37.7 Å². The van der Waals surface area contributed by atoms with Crippen molar-refractivity contribution >= 4 is 18.1 Å². The zero-order chi connectivity index (χ0) is 12.4. The van der Waals surface area contributed by atoms with E-state index in [0.29, 0.717) is 10.3 Å². The molecule has 0 radical (unpaired) electrons. The first-order chi connectivity index (χ1) is 8.09. The van der Waals surface area contributed by atoms with Crippen LogP contribution >= 0.6 is 12.2 Å². The maximum Gasteiger partial charge on any atom is 0.253 e. The Morgan fingerprint density at radius 2 is 1.94 bits per heavy atom. The molecule has 1 aromatic carbocycles. The summed E-state index contributed by atoms with van der Waals surface area (Å²) in [4.78, 5) is 16.2. The molecule has 1 amide bonds. The van der Waals surface area contributed by atoms with E-state index in [1.807, 2.05) is 22.9 Å². The van der Waals surface area contributed by atoms with E-state index in [-0.39, 0.29) is 5.91 Å². The van der Waals surface area contributed by atoms with Gasteiger partial charge in [-0.05, 0) is 36.5 Å². The van der Waals surface area contributed by atoms with Gasteiger partial charge in [-0.1, -0.05) is 0 Å². The van der Waals surface area contributed by atoms with Crippen molar-refractivity contribution < 1.29 is 4.79 Å². The number of aromatic nitrogens is 2. The normalized spacial score (nSPS) is 10.2. The Labute approximate surface area is 105 Å². The van der Waals surface area contributed by atoms with Gasteiger partial charge in [-0.2, -0.15) is 0 Å². The molecule has 1 N–H and O–H groups in total. The highest BCUT2D eigenvalue weighted by Gasteiger charge is 2.07. The van der Waals surface area contributed by atoms with Gasteiger partial charge in [-0.25, -0.2) is 0 Å². The first-order valence-electron chi connectivity index (χ1n) is 5.18. The number of rotatable bonds is 2. The summed E-state index contributed by atoms with van der Waals surface area (Å²) in [6.45, 7) is 0. The van der Waals surface area contributed by atoms with E-state index in [0.717, 1.165) is 5.69 Å². The number of H-pyrrole nitrogens is 1. The van der Waals surface area contributed by atoms with Crippen LogP contribution in [0, 0.1) is 4.77 Å². The van der Waals surface area contributed by atoms with Crippen LogP contribution in [-0.4, -0.2) is 34.5 Å². The van der Waals surface area contributed by atoms with Gasteiger partial charge in [0.2, 0.25) is 0 Å². The molecule has 0 spiro atoms. The van der Waals surface area contributed by atoms with E-state index in [1.165, 1.54) is 0 Å². The number of aromatic amines is 1. The van der Waals surface area contributed by atoms with Gasteiger partial charge >= 0.3 is 0 Å². The van der Waals surface area contributed by atoms with E-state index >= 15 is 0 Å². The van der Waals surface area contributed by atoms with E-state index in [1.54, 1.807) is 37.3 Å². The highest BCUT2D eigenvalue weighted by molar-refractivity contribution is 7.71. The number of hydrogen-bond acceptors (Lipinski definition) is 2. The van der Waals surface area contributed by atoms with Crippen molar-refractivity contribution in [1.82, 2.24) is 14.5 Å². The lowest BCUT2D eigenvalue weighted by Crippen LogP contribution is -2.21. The summed E-state index contributed by atoms with van der Waals surface area (Å²) in [7, 11) is 3.47. The van der Waals surface area contributed by atoms with Gasteiger partial charge in [0.05, 0.1) is 0 Å². The molecule has 0 aliphatic heterocycles. The lowest BCUT2D eigenvalue weighted by molar-refractivity contribution is 0.0827. The SMILES string of the molecule is CN(C)C(=O)c1ccc(-n2cc[nH]c2=S)cc1. The fourth-order valence-electron chi connectivity index (χ4n) is 1.55. The second-order valence-corrected chi connectivity index (χ2v) is 4.27. The monoisotopic (exact) mass is 247 g/mol. The lowest BCUT2D eigenvalue weighted by Gasteiger charge is -2.10. The molecule has 0 aliphatic carbocycles. The predicted octanol–water partition coefficient (Wildman–Crippen LogP) is 2.24. The Balaban J connectivity index is 2.34. The van der Waals surface area contributed by atoms with Crippen LogP contribution in [0.2, 0.25) is 0 Å². The van der Waals surface area contributed by atoms with Crippen LogP contribution in [0.3, 0.4) is 0 Å². The Morgan fingerprint density at radius 1 is 1.29 bits per heavy atom. The summed E-state index contributed by atoms with van der Waals surface area (Å²) < 4.78 is 2.48. The van der Waals surface area contributed by atoms with Crippen molar-refractivity contribution in [2.75, 3.05) is 14.1 Å². The van der Waals surface area contributed by atoms with Crippen LogP contribution in [0.5, 0.6) is 0 Å². The Kier molecular flexibility index (Phi) is 3.10. The molecular formula is C12H13N3OS. The maximum absolute atomic E-state index is 11.7. The summed E-state index contributed by atoms with van der Waals surface area (Å²) in [6, 6.07) is 7.35. The fourth-order valence-corrected chi connectivity index (χ4v) is 1.78. The molecule has 5 heteroatoms. The minimum atomic E-state index is -0.00536. The van der Waals surface area contributed by atoms with Gasteiger partial charge < -0.3 is 9.88 Å². The molecule has 1 aromatic heterocycles. The molecule has 4 nitrogen and oxygen atoms in total. The number of nitrogens with zero attached hydrogens (tertiary/aromatic N) is 2. The molecule has 0 saturated carbocycles. The quantitative estimate of drug-likeness (QED) is 0.827.